The molecule has 0 unspecified atom stereocenters. The lowest BCUT2D eigenvalue weighted by Crippen LogP contribution is -2.06. The smallest absolute Gasteiger partial charge is 0.338 e. The maximum atomic E-state index is 11.7. The number of rotatable bonds is 3. The molecule has 2 aromatic carbocycles. The van der Waals surface area contributed by atoms with Crippen LogP contribution in [-0.2, 0) is 4.74 Å². The van der Waals surface area contributed by atoms with E-state index < -0.39 is 10.9 Å². The predicted octanol–water partition coefficient (Wildman–Crippen LogP) is 3.36. The molecule has 0 aromatic heterocycles. The summed E-state index contributed by atoms with van der Waals surface area (Å²) in [5, 5.41) is 11.1. The Hall–Kier alpha value is -2.69. The zero-order valence-electron chi connectivity index (χ0n) is 11.1. The van der Waals surface area contributed by atoms with Crippen molar-refractivity contribution in [2.24, 2.45) is 0 Å². The van der Waals surface area contributed by atoms with Gasteiger partial charge in [-0.15, -0.1) is 0 Å². The minimum atomic E-state index is -0.580. The predicted molar refractivity (Wildman–Crippen MR) is 74.6 cm³/mol. The van der Waals surface area contributed by atoms with Crippen LogP contribution >= 0.6 is 0 Å². The number of carbonyl (C=O) groups is 1. The van der Waals surface area contributed by atoms with Crippen LogP contribution in [0.2, 0.25) is 0 Å². The quantitative estimate of drug-likeness (QED) is 0.487. The van der Waals surface area contributed by atoms with E-state index in [4.69, 9.17) is 0 Å². The largest absolute Gasteiger partial charge is 0.465 e. The summed E-state index contributed by atoms with van der Waals surface area (Å²) in [6.07, 6.45) is 0. The number of methoxy groups -OCH3 is 1. The second-order valence-corrected chi connectivity index (χ2v) is 4.28. The van der Waals surface area contributed by atoms with Crippen LogP contribution in [0.25, 0.3) is 11.1 Å². The van der Waals surface area contributed by atoms with Crippen molar-refractivity contribution in [2.45, 2.75) is 6.92 Å². The van der Waals surface area contributed by atoms with Gasteiger partial charge in [-0.3, -0.25) is 10.1 Å². The van der Waals surface area contributed by atoms with Gasteiger partial charge in [-0.2, -0.15) is 0 Å². The summed E-state index contributed by atoms with van der Waals surface area (Å²) in [5.74, 6) is -0.580. The van der Waals surface area contributed by atoms with E-state index in [9.17, 15) is 14.9 Å². The molecule has 0 saturated carbocycles. The molecule has 0 heterocycles. The molecule has 0 atom stereocenters. The van der Waals surface area contributed by atoms with Crippen LogP contribution in [0.1, 0.15) is 15.9 Å². The molecule has 0 N–H and O–H groups in total. The summed E-state index contributed by atoms with van der Waals surface area (Å²) < 4.78 is 4.68. The molecule has 0 fully saturated rings. The fourth-order valence-corrected chi connectivity index (χ4v) is 2.01. The van der Waals surface area contributed by atoms with Crippen molar-refractivity contribution in [2.75, 3.05) is 7.11 Å². The highest BCUT2D eigenvalue weighted by molar-refractivity contribution is 5.94. The van der Waals surface area contributed by atoms with Crippen LogP contribution in [0.5, 0.6) is 0 Å². The number of ether oxygens (including phenoxy) is 1. The van der Waals surface area contributed by atoms with Crippen molar-refractivity contribution in [1.29, 1.82) is 0 Å². The molecule has 0 saturated heterocycles. The van der Waals surface area contributed by atoms with E-state index in [-0.39, 0.29) is 11.3 Å². The van der Waals surface area contributed by atoms with Crippen LogP contribution in [0.3, 0.4) is 0 Å². The molecule has 0 aliphatic carbocycles. The van der Waals surface area contributed by atoms with Crippen molar-refractivity contribution >= 4 is 11.7 Å². The van der Waals surface area contributed by atoms with Crippen LogP contribution < -0.4 is 0 Å². The maximum absolute atomic E-state index is 11.7. The Balaban J connectivity index is 2.68. The lowest BCUT2D eigenvalue weighted by atomic mass is 9.98. The third kappa shape index (κ3) is 2.51. The molecule has 0 spiro atoms. The zero-order valence-corrected chi connectivity index (χ0v) is 11.1. The summed E-state index contributed by atoms with van der Waals surface area (Å²) >= 11 is 0. The second kappa shape index (κ2) is 5.52. The van der Waals surface area contributed by atoms with E-state index in [0.717, 1.165) is 5.56 Å². The van der Waals surface area contributed by atoms with Gasteiger partial charge in [-0.1, -0.05) is 30.3 Å². The Bertz CT molecular complexity index is 665. The fourth-order valence-electron chi connectivity index (χ4n) is 2.01. The summed E-state index contributed by atoms with van der Waals surface area (Å²) in [4.78, 5) is 22.4. The van der Waals surface area contributed by atoms with Crippen molar-refractivity contribution in [3.63, 3.8) is 0 Å². The average Bonchev–Trinajstić information content (AvgIpc) is 2.47. The number of carbonyl (C=O) groups excluding carboxylic acids is 1. The lowest BCUT2D eigenvalue weighted by molar-refractivity contribution is -0.385. The Labute approximate surface area is 116 Å². The SMILES string of the molecule is COC(=O)c1cc(-c2ccccc2)cc([N+](=O)[O-])c1C. The Kier molecular flexibility index (Phi) is 3.79. The second-order valence-electron chi connectivity index (χ2n) is 4.28. The Morgan fingerprint density at radius 3 is 2.35 bits per heavy atom. The standard InChI is InChI=1S/C15H13NO4/c1-10-13(15(17)20-2)8-12(9-14(10)16(18)19)11-6-4-3-5-7-11/h3-9H,1-2H3. The highest BCUT2D eigenvalue weighted by Gasteiger charge is 2.21. The summed E-state index contributed by atoms with van der Waals surface area (Å²) in [6, 6.07) is 12.3. The topological polar surface area (TPSA) is 69.4 Å². The number of esters is 1. The van der Waals surface area contributed by atoms with Gasteiger partial charge in [0.1, 0.15) is 0 Å². The summed E-state index contributed by atoms with van der Waals surface area (Å²) in [5.41, 5.74) is 1.85. The first kappa shape index (κ1) is 13.7. The van der Waals surface area contributed by atoms with Gasteiger partial charge in [0.2, 0.25) is 0 Å². The van der Waals surface area contributed by atoms with Crippen LogP contribution in [-0.4, -0.2) is 18.0 Å². The molecule has 0 aliphatic rings. The van der Waals surface area contributed by atoms with Gasteiger partial charge in [0.15, 0.2) is 0 Å². The van der Waals surface area contributed by atoms with Crippen LogP contribution in [0.15, 0.2) is 42.5 Å². The normalized spacial score (nSPS) is 10.1. The van der Waals surface area contributed by atoms with Gasteiger partial charge in [0.05, 0.1) is 17.6 Å². The van der Waals surface area contributed by atoms with Crippen LogP contribution in [0, 0.1) is 17.0 Å². The minimum absolute atomic E-state index is 0.0910. The van der Waals surface area contributed by atoms with Crippen LogP contribution in [0.4, 0.5) is 5.69 Å². The average molecular weight is 271 g/mol. The van der Waals surface area contributed by atoms with Crippen molar-refractivity contribution in [1.82, 2.24) is 0 Å². The van der Waals surface area contributed by atoms with E-state index >= 15 is 0 Å². The van der Waals surface area contributed by atoms with Gasteiger partial charge in [-0.25, -0.2) is 4.79 Å². The number of nitro benzene ring substituents is 1. The minimum Gasteiger partial charge on any atom is -0.465 e. The molecule has 0 bridgehead atoms. The molecule has 2 rings (SSSR count). The first-order chi connectivity index (χ1) is 9.54. The number of nitro groups is 1. The molecule has 20 heavy (non-hydrogen) atoms. The lowest BCUT2D eigenvalue weighted by Gasteiger charge is -2.08. The molecular formula is C15H13NO4. The first-order valence-corrected chi connectivity index (χ1v) is 5.97. The molecule has 0 amide bonds. The number of hydrogen-bond acceptors (Lipinski definition) is 4. The van der Waals surface area contributed by atoms with Crippen molar-refractivity contribution in [3.8, 4) is 11.1 Å². The molecule has 2 aromatic rings. The highest BCUT2D eigenvalue weighted by atomic mass is 16.6. The van der Waals surface area contributed by atoms with Gasteiger partial charge in [0, 0.05) is 11.6 Å². The summed E-state index contributed by atoms with van der Waals surface area (Å²) in [6.45, 7) is 1.54. The van der Waals surface area contributed by atoms with E-state index in [0.29, 0.717) is 11.1 Å². The fraction of sp³-hybridized carbons (Fsp3) is 0.133. The monoisotopic (exact) mass is 271 g/mol. The van der Waals surface area contributed by atoms with Gasteiger partial charge >= 0.3 is 5.97 Å². The van der Waals surface area contributed by atoms with E-state index in [2.05, 4.69) is 4.74 Å². The van der Waals surface area contributed by atoms with Gasteiger partial charge < -0.3 is 4.74 Å². The third-order valence-electron chi connectivity index (χ3n) is 3.09. The number of benzene rings is 2. The number of nitrogens with zero attached hydrogens (tertiary/aromatic N) is 1. The molecule has 0 aliphatic heterocycles. The molecule has 102 valence electrons. The molecule has 5 heteroatoms. The zero-order chi connectivity index (χ0) is 14.7. The van der Waals surface area contributed by atoms with E-state index in [1.807, 2.05) is 30.3 Å². The van der Waals surface area contributed by atoms with Gasteiger partial charge in [0.25, 0.3) is 5.69 Å². The van der Waals surface area contributed by atoms with Gasteiger partial charge in [-0.05, 0) is 24.1 Å². The summed E-state index contributed by atoms with van der Waals surface area (Å²) in [7, 11) is 1.25. The van der Waals surface area contributed by atoms with Crippen molar-refractivity contribution in [3.05, 3.63) is 63.7 Å². The molecular weight excluding hydrogens is 258 g/mol. The third-order valence-corrected chi connectivity index (χ3v) is 3.09. The number of hydrogen-bond donors (Lipinski definition) is 0. The highest BCUT2D eigenvalue weighted by Crippen LogP contribution is 2.30. The molecule has 5 nitrogen and oxygen atoms in total. The molecule has 0 radical (unpaired) electrons. The first-order valence-electron chi connectivity index (χ1n) is 5.97. The Morgan fingerprint density at radius 1 is 1.15 bits per heavy atom. The maximum Gasteiger partial charge on any atom is 0.338 e. The van der Waals surface area contributed by atoms with E-state index in [1.165, 1.54) is 13.2 Å². The van der Waals surface area contributed by atoms with E-state index in [1.54, 1.807) is 13.0 Å². The Morgan fingerprint density at radius 2 is 1.80 bits per heavy atom. The van der Waals surface area contributed by atoms with Crippen molar-refractivity contribution < 1.29 is 14.5 Å².